The Morgan fingerprint density at radius 2 is 2.33 bits per heavy atom. The van der Waals surface area contributed by atoms with Crippen molar-refractivity contribution in [2.75, 3.05) is 6.54 Å². The zero-order chi connectivity index (χ0) is 13.3. The van der Waals surface area contributed by atoms with Gasteiger partial charge in [0.2, 0.25) is 0 Å². The zero-order valence-corrected chi connectivity index (χ0v) is 11.4. The Kier molecular flexibility index (Phi) is 6.84. The minimum Gasteiger partial charge on any atom is -0.386 e. The first-order chi connectivity index (χ1) is 8.73. The Labute approximate surface area is 110 Å². The third-order valence-corrected chi connectivity index (χ3v) is 3.84. The van der Waals surface area contributed by atoms with Crippen molar-refractivity contribution in [2.24, 2.45) is 11.0 Å². The highest BCUT2D eigenvalue weighted by molar-refractivity contribution is 5.07. The average Bonchev–Trinajstić information content (AvgIpc) is 2.73. The summed E-state index contributed by atoms with van der Waals surface area (Å²) in [5.41, 5.74) is 7.62. The van der Waals surface area contributed by atoms with Crippen molar-refractivity contribution in [1.82, 2.24) is 0 Å². The van der Waals surface area contributed by atoms with E-state index in [9.17, 15) is 5.11 Å². The topological polar surface area (TPSA) is 69.0 Å². The predicted octanol–water partition coefficient (Wildman–Crippen LogP) is 4.35. The van der Waals surface area contributed by atoms with E-state index in [1.54, 1.807) is 0 Å². The van der Waals surface area contributed by atoms with Crippen molar-refractivity contribution in [3.8, 4) is 0 Å². The van der Waals surface area contributed by atoms with Gasteiger partial charge < -0.3 is 5.11 Å². The van der Waals surface area contributed by atoms with Crippen LogP contribution in [0, 0.1) is 5.92 Å². The Bertz CT molecular complexity index is 310. The smallest absolute Gasteiger partial charge is 0.0855 e. The van der Waals surface area contributed by atoms with Crippen LogP contribution >= 0.6 is 0 Å². The number of allylic oxidation sites excluding steroid dienone is 1. The van der Waals surface area contributed by atoms with E-state index in [1.165, 1.54) is 12.8 Å². The number of rotatable bonds is 8. The van der Waals surface area contributed by atoms with Crippen molar-refractivity contribution < 1.29 is 5.11 Å². The molecule has 1 aliphatic rings. The lowest BCUT2D eigenvalue weighted by Gasteiger charge is -2.26. The molecule has 1 N–H and O–H groups in total. The molecule has 0 aliphatic heterocycles. The largest absolute Gasteiger partial charge is 0.386 e. The molecule has 0 aromatic rings. The van der Waals surface area contributed by atoms with Gasteiger partial charge in [-0.2, -0.15) is 0 Å². The van der Waals surface area contributed by atoms with Gasteiger partial charge in [-0.1, -0.05) is 37.0 Å². The highest BCUT2D eigenvalue weighted by Crippen LogP contribution is 2.39. The van der Waals surface area contributed by atoms with E-state index < -0.39 is 5.60 Å². The maximum absolute atomic E-state index is 10.6. The lowest BCUT2D eigenvalue weighted by atomic mass is 9.86. The molecule has 0 bridgehead atoms. The second-order valence-corrected chi connectivity index (χ2v) is 5.22. The predicted molar refractivity (Wildman–Crippen MR) is 74.2 cm³/mol. The van der Waals surface area contributed by atoms with Crippen LogP contribution in [0.1, 0.15) is 58.3 Å². The van der Waals surface area contributed by atoms with Gasteiger partial charge in [-0.15, -0.1) is 0 Å². The number of azide groups is 1. The molecule has 1 aliphatic carbocycles. The molecule has 18 heavy (non-hydrogen) atoms. The number of hydrogen-bond donors (Lipinski definition) is 1. The summed E-state index contributed by atoms with van der Waals surface area (Å²) < 4.78 is 0. The van der Waals surface area contributed by atoms with Crippen LogP contribution in [-0.2, 0) is 0 Å². The SMILES string of the molecule is CCCC/C=C/[C@@]1(O)CCC[C@@H]1CCCN=[N+]=[N-]. The number of unbranched alkanes of at least 4 members (excludes halogenated alkanes) is 2. The Hall–Kier alpha value is -0.990. The molecule has 0 aromatic heterocycles. The minimum absolute atomic E-state index is 0.337. The molecule has 0 spiro atoms. The first-order valence-corrected chi connectivity index (χ1v) is 7.14. The van der Waals surface area contributed by atoms with E-state index in [0.29, 0.717) is 12.5 Å². The lowest BCUT2D eigenvalue weighted by molar-refractivity contribution is 0.0465. The number of hydrogen-bond acceptors (Lipinski definition) is 2. The van der Waals surface area contributed by atoms with Gasteiger partial charge >= 0.3 is 0 Å². The van der Waals surface area contributed by atoms with E-state index in [1.807, 2.05) is 6.08 Å². The Morgan fingerprint density at radius 3 is 3.06 bits per heavy atom. The van der Waals surface area contributed by atoms with Gasteiger partial charge in [0.25, 0.3) is 0 Å². The minimum atomic E-state index is -0.607. The third kappa shape index (κ3) is 4.71. The normalized spacial score (nSPS) is 27.6. The van der Waals surface area contributed by atoms with Crippen LogP contribution in [-0.4, -0.2) is 17.3 Å². The van der Waals surface area contributed by atoms with Crippen molar-refractivity contribution >= 4 is 0 Å². The van der Waals surface area contributed by atoms with Gasteiger partial charge in [0.1, 0.15) is 0 Å². The standard InChI is InChI=1S/C14H25N3O/c1-2-3-4-5-10-14(18)11-6-8-13(14)9-7-12-16-17-15/h5,10,13,18H,2-4,6-9,11-12H2,1H3/b10-5+/t13-,14-/m1/s1. The van der Waals surface area contributed by atoms with Crippen LogP contribution < -0.4 is 0 Å². The summed E-state index contributed by atoms with van der Waals surface area (Å²) in [5.74, 6) is 0.337. The van der Waals surface area contributed by atoms with Crippen molar-refractivity contribution in [3.63, 3.8) is 0 Å². The summed E-state index contributed by atoms with van der Waals surface area (Å²) in [7, 11) is 0. The molecule has 0 saturated heterocycles. The fourth-order valence-corrected chi connectivity index (χ4v) is 2.76. The molecule has 0 radical (unpaired) electrons. The first kappa shape index (κ1) is 15.1. The van der Waals surface area contributed by atoms with Crippen LogP contribution in [0.2, 0.25) is 0 Å². The lowest BCUT2D eigenvalue weighted by Crippen LogP contribution is -2.30. The Balaban J connectivity index is 2.40. The Morgan fingerprint density at radius 1 is 1.50 bits per heavy atom. The maximum atomic E-state index is 10.6. The van der Waals surface area contributed by atoms with Crippen LogP contribution in [0.25, 0.3) is 10.4 Å². The van der Waals surface area contributed by atoms with E-state index in [-0.39, 0.29) is 0 Å². The van der Waals surface area contributed by atoms with Crippen LogP contribution in [0.4, 0.5) is 0 Å². The van der Waals surface area contributed by atoms with Gasteiger partial charge in [0.05, 0.1) is 5.60 Å². The van der Waals surface area contributed by atoms with Crippen LogP contribution in [0.15, 0.2) is 17.3 Å². The maximum Gasteiger partial charge on any atom is 0.0855 e. The monoisotopic (exact) mass is 251 g/mol. The second kappa shape index (κ2) is 8.17. The number of nitrogens with zero attached hydrogens (tertiary/aromatic N) is 3. The first-order valence-electron chi connectivity index (χ1n) is 7.14. The summed E-state index contributed by atoms with van der Waals surface area (Å²) in [6, 6.07) is 0. The van der Waals surface area contributed by atoms with Crippen molar-refractivity contribution in [3.05, 3.63) is 22.6 Å². The van der Waals surface area contributed by atoms with Gasteiger partial charge in [0.15, 0.2) is 0 Å². The van der Waals surface area contributed by atoms with Crippen LogP contribution in [0.5, 0.6) is 0 Å². The second-order valence-electron chi connectivity index (χ2n) is 5.22. The summed E-state index contributed by atoms with van der Waals surface area (Å²) in [6.07, 6.45) is 12.5. The molecular formula is C14H25N3O. The molecule has 102 valence electrons. The van der Waals surface area contributed by atoms with Gasteiger partial charge in [0, 0.05) is 11.5 Å². The molecule has 4 nitrogen and oxygen atoms in total. The molecule has 0 unspecified atom stereocenters. The quantitative estimate of drug-likeness (QED) is 0.225. The molecule has 0 aromatic carbocycles. The molecule has 1 fully saturated rings. The molecule has 0 amide bonds. The summed E-state index contributed by atoms with van der Waals surface area (Å²) >= 11 is 0. The fourth-order valence-electron chi connectivity index (χ4n) is 2.76. The van der Waals surface area contributed by atoms with E-state index >= 15 is 0 Å². The zero-order valence-electron chi connectivity index (χ0n) is 11.4. The molecule has 0 heterocycles. The summed E-state index contributed by atoms with van der Waals surface area (Å²) in [6.45, 7) is 2.72. The molecular weight excluding hydrogens is 226 g/mol. The fraction of sp³-hybridized carbons (Fsp3) is 0.857. The van der Waals surface area contributed by atoms with E-state index in [0.717, 1.165) is 38.5 Å². The summed E-state index contributed by atoms with van der Waals surface area (Å²) in [5, 5.41) is 14.2. The van der Waals surface area contributed by atoms with Crippen LogP contribution in [0.3, 0.4) is 0 Å². The van der Waals surface area contributed by atoms with Crippen molar-refractivity contribution in [1.29, 1.82) is 0 Å². The van der Waals surface area contributed by atoms with Crippen molar-refractivity contribution in [2.45, 2.75) is 63.9 Å². The summed E-state index contributed by atoms with van der Waals surface area (Å²) in [4.78, 5) is 2.75. The highest BCUT2D eigenvalue weighted by Gasteiger charge is 2.37. The van der Waals surface area contributed by atoms with Gasteiger partial charge in [-0.3, -0.25) is 0 Å². The third-order valence-electron chi connectivity index (χ3n) is 3.84. The molecule has 1 rings (SSSR count). The van der Waals surface area contributed by atoms with Gasteiger partial charge in [-0.05, 0) is 50.0 Å². The number of aliphatic hydroxyl groups is 1. The van der Waals surface area contributed by atoms with E-state index in [2.05, 4.69) is 23.0 Å². The molecule has 1 saturated carbocycles. The average molecular weight is 251 g/mol. The molecule has 4 heteroatoms. The highest BCUT2D eigenvalue weighted by atomic mass is 16.3. The van der Waals surface area contributed by atoms with Gasteiger partial charge in [-0.25, -0.2) is 0 Å². The van der Waals surface area contributed by atoms with E-state index in [4.69, 9.17) is 5.53 Å². The molecule has 2 atom stereocenters.